The van der Waals surface area contributed by atoms with Gasteiger partial charge in [-0.25, -0.2) is 12.2 Å². The molecule has 0 amide bonds. The van der Waals surface area contributed by atoms with Crippen molar-refractivity contribution in [1.82, 2.24) is 0 Å². The van der Waals surface area contributed by atoms with Gasteiger partial charge in [0.25, 0.3) is 0 Å². The van der Waals surface area contributed by atoms with E-state index in [1.165, 1.54) is 79.9 Å². The molecule has 0 unspecified atom stereocenters. The molecule has 0 atom stereocenters. The number of allylic oxidation sites excluding steroid dienone is 4. The summed E-state index contributed by atoms with van der Waals surface area (Å²) in [5.41, 5.74) is 14.9. The van der Waals surface area contributed by atoms with Crippen molar-refractivity contribution in [1.29, 1.82) is 0 Å². The van der Waals surface area contributed by atoms with E-state index >= 15 is 0 Å². The van der Waals surface area contributed by atoms with Gasteiger partial charge in [0.1, 0.15) is 0 Å². The van der Waals surface area contributed by atoms with E-state index < -0.39 is 0 Å². The van der Waals surface area contributed by atoms with Crippen LogP contribution in [-0.4, -0.2) is 4.21 Å². The Kier molecular flexibility index (Phi) is 20.6. The molecule has 4 aromatic rings. The Labute approximate surface area is 347 Å². The molecular formula is C49H64Cl2Zr-4. The van der Waals surface area contributed by atoms with Crippen LogP contribution in [0.2, 0.25) is 0 Å². The number of hydrogen-bond acceptors (Lipinski definition) is 0. The fourth-order valence-corrected chi connectivity index (χ4v) is 6.14. The molecule has 0 bridgehead atoms. The van der Waals surface area contributed by atoms with Gasteiger partial charge < -0.3 is 0 Å². The topological polar surface area (TPSA) is 0 Å². The molecule has 0 aliphatic heterocycles. The van der Waals surface area contributed by atoms with E-state index in [1.54, 1.807) is 0 Å². The van der Waals surface area contributed by atoms with Gasteiger partial charge in [0.05, 0.1) is 0 Å². The van der Waals surface area contributed by atoms with Crippen LogP contribution < -0.4 is 0 Å². The molecule has 0 radical (unpaired) electrons. The number of benzene rings is 4. The zero-order valence-electron chi connectivity index (χ0n) is 34.5. The van der Waals surface area contributed by atoms with Crippen LogP contribution in [0.3, 0.4) is 0 Å². The van der Waals surface area contributed by atoms with Gasteiger partial charge in [-0.15, -0.1) is 47.9 Å². The van der Waals surface area contributed by atoms with Gasteiger partial charge in [-0.05, 0) is 46.3 Å². The fraction of sp³-hybridized carbons (Fsp3) is 0.408. The van der Waals surface area contributed by atoms with Crippen LogP contribution >= 0.6 is 24.8 Å². The Morgan fingerprint density at radius 3 is 1.37 bits per heavy atom. The van der Waals surface area contributed by atoms with E-state index in [-0.39, 0.29) is 46.5 Å². The summed E-state index contributed by atoms with van der Waals surface area (Å²) in [7, 11) is 0. The van der Waals surface area contributed by atoms with Gasteiger partial charge >= 0.3 is 28.4 Å². The standard InChI is InChI=1S/C23H29.2C10H13.C5H5.CH2.2ClH.Zr/c1-14-9-16-11-17-10-15(2)21(23(6,7)8)13-19(17)18(16)12-20(14)22(3,4)5;2*1-10(2,3)9-7-5-4-6-8-9;1-2-4-5-3-1;;;;/h9,12-13H,11H2,1-8H3;2*5-8H,1-3H3;1-3H,4H2;1H2;2*1H;/q4*-1;;;;. The first kappa shape index (κ1) is 49.7. The van der Waals surface area contributed by atoms with E-state index in [1.807, 2.05) is 36.4 Å². The van der Waals surface area contributed by atoms with Crippen molar-refractivity contribution in [2.24, 2.45) is 0 Å². The summed E-state index contributed by atoms with van der Waals surface area (Å²) in [6.07, 6.45) is 11.0. The number of aryl methyl sites for hydroxylation is 2. The van der Waals surface area contributed by atoms with Crippen LogP contribution in [0.15, 0.2) is 85.0 Å². The first-order valence-corrected chi connectivity index (χ1v) is 19.6. The quantitative estimate of drug-likeness (QED) is 0.137. The Morgan fingerprint density at radius 1 is 0.596 bits per heavy atom. The molecule has 6 rings (SSSR count). The van der Waals surface area contributed by atoms with Crippen LogP contribution in [0, 0.1) is 38.1 Å². The van der Waals surface area contributed by atoms with Crippen molar-refractivity contribution in [3.8, 4) is 11.1 Å². The molecular weight excluding hydrogens is 751 g/mol. The molecule has 0 saturated carbocycles. The van der Waals surface area contributed by atoms with Crippen LogP contribution in [-0.2, 0) is 52.3 Å². The summed E-state index contributed by atoms with van der Waals surface area (Å²) in [5, 5.41) is 0. The molecule has 2 aliphatic carbocycles. The Balaban J connectivity index is 0.000000747. The Morgan fingerprint density at radius 2 is 1.04 bits per heavy atom. The van der Waals surface area contributed by atoms with Crippen molar-refractivity contribution in [2.45, 2.75) is 131 Å². The van der Waals surface area contributed by atoms with Crippen molar-refractivity contribution < 1.29 is 24.2 Å². The van der Waals surface area contributed by atoms with Crippen molar-refractivity contribution in [3.63, 3.8) is 0 Å². The second-order valence-corrected chi connectivity index (χ2v) is 17.3. The van der Waals surface area contributed by atoms with Crippen molar-refractivity contribution in [3.05, 3.63) is 154 Å². The molecule has 282 valence electrons. The molecule has 0 N–H and O–H groups in total. The van der Waals surface area contributed by atoms with Gasteiger partial charge in [0, 0.05) is 0 Å². The van der Waals surface area contributed by atoms with Crippen LogP contribution in [0.5, 0.6) is 0 Å². The third-order valence-corrected chi connectivity index (χ3v) is 8.83. The monoisotopic (exact) mass is 812 g/mol. The summed E-state index contributed by atoms with van der Waals surface area (Å²) in [4.78, 5) is 0. The second-order valence-electron chi connectivity index (χ2n) is 17.3. The van der Waals surface area contributed by atoms with Gasteiger partial charge in [-0.1, -0.05) is 113 Å². The summed E-state index contributed by atoms with van der Waals surface area (Å²) in [6, 6.07) is 33.2. The van der Waals surface area contributed by atoms with E-state index in [0.29, 0.717) is 0 Å². The van der Waals surface area contributed by atoms with Gasteiger partial charge in [0.15, 0.2) is 0 Å². The molecule has 0 saturated heterocycles. The third-order valence-electron chi connectivity index (χ3n) is 8.83. The first-order valence-electron chi connectivity index (χ1n) is 17.9. The van der Waals surface area contributed by atoms with Crippen molar-refractivity contribution in [2.75, 3.05) is 0 Å². The molecule has 2 aliphatic rings. The molecule has 4 aromatic carbocycles. The predicted octanol–water partition coefficient (Wildman–Crippen LogP) is 14.0. The maximum atomic E-state index is 3.69. The summed E-state index contributed by atoms with van der Waals surface area (Å²) < 4.78 is 3.34. The number of rotatable bonds is 0. The second kappa shape index (κ2) is 21.5. The molecule has 52 heavy (non-hydrogen) atoms. The van der Waals surface area contributed by atoms with Crippen molar-refractivity contribution >= 4 is 29.0 Å². The Bertz CT molecular complexity index is 1580. The molecule has 0 spiro atoms. The summed E-state index contributed by atoms with van der Waals surface area (Å²) in [5.74, 6) is 0. The maximum absolute atomic E-state index is 3.69. The molecule has 0 aromatic heterocycles. The number of hydrogen-bond donors (Lipinski definition) is 0. The number of halogens is 2. The molecule has 0 fully saturated rings. The normalized spacial score (nSPS) is 12.3. The van der Waals surface area contributed by atoms with E-state index in [4.69, 9.17) is 0 Å². The van der Waals surface area contributed by atoms with E-state index in [2.05, 4.69) is 174 Å². The average molecular weight is 815 g/mol. The molecule has 3 heteroatoms. The Hall–Kier alpha value is -2.31. The van der Waals surface area contributed by atoms with Crippen LogP contribution in [0.1, 0.15) is 134 Å². The van der Waals surface area contributed by atoms with Gasteiger partial charge in [-0.2, -0.15) is 95.6 Å². The minimum absolute atomic E-state index is 0. The molecule has 0 nitrogen and oxygen atoms in total. The van der Waals surface area contributed by atoms with E-state index in [9.17, 15) is 0 Å². The van der Waals surface area contributed by atoms with Gasteiger partial charge in [0.2, 0.25) is 0 Å². The van der Waals surface area contributed by atoms with E-state index in [0.717, 1.165) is 12.8 Å². The number of fused-ring (bicyclic) bond motifs is 3. The third kappa shape index (κ3) is 15.2. The summed E-state index contributed by atoms with van der Waals surface area (Å²) in [6.45, 7) is 31.5. The predicted molar refractivity (Wildman–Crippen MR) is 232 cm³/mol. The first-order chi connectivity index (χ1) is 23.2. The SMILES string of the molecule is CC(C)(C)c1cc[c-]cc1.CC(C)(C)c1cc[c-]cc1.Cc1[c-]c2c(cc1C(C)(C)C)-c1cc(C(C)(C)C)c(C)cc1C2.Cl.Cl.[C-]1=CC=CC1.[CH2]=[Zr]. The molecule has 0 heterocycles. The summed E-state index contributed by atoms with van der Waals surface area (Å²) >= 11 is 1.30. The van der Waals surface area contributed by atoms with Crippen LogP contribution in [0.4, 0.5) is 0 Å². The van der Waals surface area contributed by atoms with Crippen LogP contribution in [0.25, 0.3) is 11.1 Å². The zero-order valence-corrected chi connectivity index (χ0v) is 38.6. The zero-order chi connectivity index (χ0) is 37.9. The average Bonchev–Trinajstić information content (AvgIpc) is 3.73. The minimum atomic E-state index is 0. The van der Waals surface area contributed by atoms with Gasteiger partial charge in [-0.3, -0.25) is 6.08 Å². The fourth-order valence-electron chi connectivity index (χ4n) is 6.14.